The number of nitrogen functional groups attached to an aromatic ring is 1. The van der Waals surface area contributed by atoms with Crippen molar-refractivity contribution in [3.05, 3.63) is 65.2 Å². The van der Waals surface area contributed by atoms with E-state index in [1.54, 1.807) is 58.8 Å². The highest BCUT2D eigenvalue weighted by atomic mass is 16.5. The van der Waals surface area contributed by atoms with Gasteiger partial charge < -0.3 is 39.5 Å². The van der Waals surface area contributed by atoms with Gasteiger partial charge in [-0.05, 0) is 53.6 Å². The number of nitrogens with two attached hydrogens (primary N) is 1. The molecule has 38 heavy (non-hydrogen) atoms. The molecule has 0 radical (unpaired) electrons. The standard InChI is InChI=1S/C29H32N2O7/c1-33-22-12-8-18(15-21(22)30)9-14-26(32)31-27-20(11-13-23(34-2)29(27)38-6)10-7-19-16-24(35-3)28(37-5)25(17-19)36-4/h7-17H,30H2,1-6H3,(H,31,32)/b10-7?,14-9+. The number of rotatable bonds is 11. The first-order chi connectivity index (χ1) is 18.4. The van der Waals surface area contributed by atoms with Crippen LogP contribution in [0.5, 0.6) is 34.5 Å². The summed E-state index contributed by atoms with van der Waals surface area (Å²) in [6, 6.07) is 12.5. The SMILES string of the molecule is COc1ccc(/C=C/C(=O)Nc2c(C=Cc3cc(OC)c(OC)c(OC)c3)ccc(OC)c2OC)cc1N. The van der Waals surface area contributed by atoms with Crippen LogP contribution >= 0.6 is 0 Å². The van der Waals surface area contributed by atoms with E-state index in [0.29, 0.717) is 51.4 Å². The molecule has 200 valence electrons. The minimum atomic E-state index is -0.367. The predicted molar refractivity (Wildman–Crippen MR) is 150 cm³/mol. The molecule has 0 aliphatic carbocycles. The van der Waals surface area contributed by atoms with Gasteiger partial charge in [0.2, 0.25) is 11.7 Å². The maximum atomic E-state index is 12.9. The zero-order valence-electron chi connectivity index (χ0n) is 22.3. The lowest BCUT2D eigenvalue weighted by Gasteiger charge is -2.16. The largest absolute Gasteiger partial charge is 0.495 e. The van der Waals surface area contributed by atoms with E-state index in [-0.39, 0.29) is 5.91 Å². The van der Waals surface area contributed by atoms with Crippen LogP contribution in [0, 0.1) is 0 Å². The van der Waals surface area contributed by atoms with Gasteiger partial charge in [-0.15, -0.1) is 0 Å². The van der Waals surface area contributed by atoms with E-state index in [1.165, 1.54) is 20.3 Å². The molecule has 0 atom stereocenters. The Bertz CT molecular complexity index is 1320. The topological polar surface area (TPSA) is 111 Å². The zero-order chi connectivity index (χ0) is 27.7. The van der Waals surface area contributed by atoms with Gasteiger partial charge in [0.25, 0.3) is 0 Å². The summed E-state index contributed by atoms with van der Waals surface area (Å²) in [6.07, 6.45) is 6.76. The van der Waals surface area contributed by atoms with E-state index in [1.807, 2.05) is 30.4 Å². The van der Waals surface area contributed by atoms with Crippen molar-refractivity contribution in [2.45, 2.75) is 0 Å². The highest BCUT2D eigenvalue weighted by Crippen LogP contribution is 2.41. The molecule has 1 amide bonds. The summed E-state index contributed by atoms with van der Waals surface area (Å²) in [5.41, 5.74) is 9.12. The van der Waals surface area contributed by atoms with Gasteiger partial charge in [-0.1, -0.05) is 18.2 Å². The first-order valence-electron chi connectivity index (χ1n) is 11.5. The number of anilines is 2. The van der Waals surface area contributed by atoms with Crippen molar-refractivity contribution >= 4 is 35.5 Å². The lowest BCUT2D eigenvalue weighted by molar-refractivity contribution is -0.111. The molecule has 0 fully saturated rings. The zero-order valence-corrected chi connectivity index (χ0v) is 22.3. The van der Waals surface area contributed by atoms with Crippen LogP contribution in [0.15, 0.2) is 48.5 Å². The van der Waals surface area contributed by atoms with E-state index in [9.17, 15) is 4.79 Å². The second-order valence-corrected chi connectivity index (χ2v) is 7.88. The van der Waals surface area contributed by atoms with Crippen LogP contribution in [0.4, 0.5) is 11.4 Å². The molecule has 3 N–H and O–H groups in total. The number of hydrogen-bond acceptors (Lipinski definition) is 8. The summed E-state index contributed by atoms with van der Waals surface area (Å²) in [6.45, 7) is 0. The molecule has 3 aromatic carbocycles. The summed E-state index contributed by atoms with van der Waals surface area (Å²) < 4.78 is 32.5. The van der Waals surface area contributed by atoms with Crippen LogP contribution in [-0.2, 0) is 4.79 Å². The molecule has 0 spiro atoms. The molecule has 0 unspecified atom stereocenters. The quantitative estimate of drug-likeness (QED) is 0.203. The molecule has 9 nitrogen and oxygen atoms in total. The van der Waals surface area contributed by atoms with Gasteiger partial charge in [-0.25, -0.2) is 0 Å². The molecular weight excluding hydrogens is 488 g/mol. The Hall–Kier alpha value is -4.79. The van der Waals surface area contributed by atoms with Crippen molar-refractivity contribution in [1.82, 2.24) is 0 Å². The molecule has 9 heteroatoms. The molecule has 0 aliphatic heterocycles. The third-order valence-electron chi connectivity index (χ3n) is 5.65. The molecule has 0 aliphatic rings. The molecule has 0 heterocycles. The number of hydrogen-bond donors (Lipinski definition) is 2. The van der Waals surface area contributed by atoms with Gasteiger partial charge in [0.15, 0.2) is 23.0 Å². The fourth-order valence-corrected chi connectivity index (χ4v) is 3.79. The normalized spacial score (nSPS) is 10.9. The molecule has 3 rings (SSSR count). The van der Waals surface area contributed by atoms with E-state index in [2.05, 4.69) is 5.32 Å². The minimum absolute atomic E-state index is 0.367. The van der Waals surface area contributed by atoms with E-state index < -0.39 is 0 Å². The number of amides is 1. The van der Waals surface area contributed by atoms with Crippen LogP contribution in [0.25, 0.3) is 18.2 Å². The van der Waals surface area contributed by atoms with Crippen LogP contribution in [-0.4, -0.2) is 48.6 Å². The van der Waals surface area contributed by atoms with Crippen LogP contribution in [0.1, 0.15) is 16.7 Å². The third kappa shape index (κ3) is 6.31. The van der Waals surface area contributed by atoms with Gasteiger partial charge in [0.1, 0.15) is 5.75 Å². The second kappa shape index (κ2) is 13.0. The van der Waals surface area contributed by atoms with Crippen molar-refractivity contribution in [2.75, 3.05) is 53.7 Å². The Labute approximate surface area is 222 Å². The Balaban J connectivity index is 1.95. The minimum Gasteiger partial charge on any atom is -0.495 e. The van der Waals surface area contributed by atoms with Crippen molar-refractivity contribution < 1.29 is 33.2 Å². The molecule has 0 saturated carbocycles. The Morgan fingerprint density at radius 3 is 1.82 bits per heavy atom. The van der Waals surface area contributed by atoms with Crippen LogP contribution in [0.2, 0.25) is 0 Å². The highest BCUT2D eigenvalue weighted by Gasteiger charge is 2.16. The van der Waals surface area contributed by atoms with Gasteiger partial charge >= 0.3 is 0 Å². The fourth-order valence-electron chi connectivity index (χ4n) is 3.79. The number of methoxy groups -OCH3 is 6. The van der Waals surface area contributed by atoms with Gasteiger partial charge in [0.05, 0.1) is 54.0 Å². The van der Waals surface area contributed by atoms with Gasteiger partial charge in [0, 0.05) is 11.6 Å². The predicted octanol–water partition coefficient (Wildman–Crippen LogP) is 5.14. The first-order valence-corrected chi connectivity index (χ1v) is 11.5. The van der Waals surface area contributed by atoms with E-state index in [0.717, 1.165) is 11.1 Å². The Morgan fingerprint density at radius 2 is 1.26 bits per heavy atom. The number of carbonyl (C=O) groups is 1. The number of carbonyl (C=O) groups excluding carboxylic acids is 1. The fraction of sp³-hybridized carbons (Fsp3) is 0.207. The monoisotopic (exact) mass is 520 g/mol. The van der Waals surface area contributed by atoms with Crippen molar-refractivity contribution in [1.29, 1.82) is 0 Å². The lowest BCUT2D eigenvalue weighted by atomic mass is 10.1. The van der Waals surface area contributed by atoms with Crippen LogP contribution in [0.3, 0.4) is 0 Å². The van der Waals surface area contributed by atoms with Crippen molar-refractivity contribution in [2.24, 2.45) is 0 Å². The smallest absolute Gasteiger partial charge is 0.248 e. The third-order valence-corrected chi connectivity index (χ3v) is 5.65. The lowest BCUT2D eigenvalue weighted by Crippen LogP contribution is -2.11. The maximum absolute atomic E-state index is 12.9. The summed E-state index contributed by atoms with van der Waals surface area (Å²) in [5.74, 6) is 2.60. The second-order valence-electron chi connectivity index (χ2n) is 7.88. The Morgan fingerprint density at radius 1 is 0.658 bits per heavy atom. The van der Waals surface area contributed by atoms with Crippen molar-refractivity contribution in [3.63, 3.8) is 0 Å². The van der Waals surface area contributed by atoms with E-state index in [4.69, 9.17) is 34.2 Å². The highest BCUT2D eigenvalue weighted by molar-refractivity contribution is 6.05. The average Bonchev–Trinajstić information content (AvgIpc) is 2.94. The Kier molecular flexibility index (Phi) is 9.48. The van der Waals surface area contributed by atoms with E-state index >= 15 is 0 Å². The number of ether oxygens (including phenoxy) is 6. The molecule has 0 aromatic heterocycles. The summed E-state index contributed by atoms with van der Waals surface area (Å²) in [4.78, 5) is 12.9. The van der Waals surface area contributed by atoms with Crippen molar-refractivity contribution in [3.8, 4) is 34.5 Å². The summed E-state index contributed by atoms with van der Waals surface area (Å²) in [7, 11) is 9.25. The number of nitrogens with one attached hydrogen (secondary N) is 1. The maximum Gasteiger partial charge on any atom is 0.248 e. The molecule has 3 aromatic rings. The van der Waals surface area contributed by atoms with Crippen LogP contribution < -0.4 is 39.5 Å². The first kappa shape index (κ1) is 27.8. The van der Waals surface area contributed by atoms with Gasteiger partial charge in [-0.2, -0.15) is 0 Å². The summed E-state index contributed by atoms with van der Waals surface area (Å²) >= 11 is 0. The van der Waals surface area contributed by atoms with Gasteiger partial charge in [-0.3, -0.25) is 4.79 Å². The average molecular weight is 521 g/mol. The summed E-state index contributed by atoms with van der Waals surface area (Å²) in [5, 5.41) is 2.90. The number of benzene rings is 3. The molecular formula is C29H32N2O7. The molecule has 0 saturated heterocycles. The molecule has 0 bridgehead atoms.